The van der Waals surface area contributed by atoms with E-state index in [1.807, 2.05) is 11.2 Å². The molecule has 0 aromatic heterocycles. The molecule has 0 bridgehead atoms. The van der Waals surface area contributed by atoms with E-state index < -0.39 is 0 Å². The van der Waals surface area contributed by atoms with Gasteiger partial charge in [0.1, 0.15) is 12.5 Å². The van der Waals surface area contributed by atoms with E-state index in [9.17, 15) is 4.79 Å². The maximum Gasteiger partial charge on any atom is 0.254 e. The third kappa shape index (κ3) is 2.91. The Hall–Kier alpha value is -1.93. The normalized spacial score (nSPS) is 29.3. The van der Waals surface area contributed by atoms with Crippen molar-refractivity contribution in [1.29, 1.82) is 0 Å². The molecule has 3 fully saturated rings. The predicted molar refractivity (Wildman–Crippen MR) is 98.1 cm³/mol. The summed E-state index contributed by atoms with van der Waals surface area (Å²) in [5, 5.41) is 8.53. The van der Waals surface area contributed by atoms with Gasteiger partial charge < -0.3 is 10.1 Å². The van der Waals surface area contributed by atoms with Crippen LogP contribution in [-0.2, 0) is 9.53 Å². The number of carbonyl (C=O) groups excluding carboxylic acids is 1. The molecule has 4 aliphatic rings. The van der Waals surface area contributed by atoms with Gasteiger partial charge in [-0.25, -0.2) is 5.43 Å². The van der Waals surface area contributed by atoms with Gasteiger partial charge in [-0.3, -0.25) is 20.0 Å². The van der Waals surface area contributed by atoms with Gasteiger partial charge in [-0.15, -0.1) is 0 Å². The van der Waals surface area contributed by atoms with Crippen LogP contribution in [0.15, 0.2) is 30.0 Å². The number of hydrogen-bond acceptors (Lipinski definition) is 6. The minimum Gasteiger partial charge on any atom is -0.379 e. The van der Waals surface area contributed by atoms with Gasteiger partial charge in [0, 0.05) is 19.3 Å². The Kier molecular flexibility index (Phi) is 3.97. The molecule has 7 nitrogen and oxygen atoms in total. The number of nitrogens with one attached hydrogen (secondary N) is 3. The average molecular weight is 355 g/mol. The molecular formula is C19H25N5O2. The minimum atomic E-state index is -0.181. The van der Waals surface area contributed by atoms with Crippen molar-refractivity contribution in [3.63, 3.8) is 0 Å². The van der Waals surface area contributed by atoms with E-state index in [2.05, 4.69) is 46.1 Å². The molecular weight excluding hydrogens is 330 g/mol. The predicted octanol–water partition coefficient (Wildman–Crippen LogP) is 0.742. The van der Waals surface area contributed by atoms with Crippen LogP contribution < -0.4 is 21.1 Å². The van der Waals surface area contributed by atoms with E-state index in [1.165, 1.54) is 24.0 Å². The van der Waals surface area contributed by atoms with Gasteiger partial charge in [0.05, 0.1) is 24.5 Å². The number of aryl methyl sites for hydroxylation is 1. The van der Waals surface area contributed by atoms with Crippen LogP contribution in [0, 0.1) is 6.92 Å². The van der Waals surface area contributed by atoms with Crippen LogP contribution >= 0.6 is 0 Å². The standard InChI is InChI=1S/C19H25N5O2/c1-12-10-14(13-2-3-13)4-5-16(12)24-11-15-17(22-24)20-19(21-18(15)25)23-6-8-26-9-7-23/h4-5,10-11,13,17,19-20,22H,2-3,6-9H2,1H3,(H,21,25). The lowest BCUT2D eigenvalue weighted by atomic mass is 10.1. The molecule has 26 heavy (non-hydrogen) atoms. The van der Waals surface area contributed by atoms with Crippen molar-refractivity contribution >= 4 is 11.6 Å². The van der Waals surface area contributed by atoms with Crippen LogP contribution in [0.5, 0.6) is 0 Å². The molecule has 2 saturated heterocycles. The lowest BCUT2D eigenvalue weighted by Crippen LogP contribution is -2.68. The van der Waals surface area contributed by atoms with Crippen molar-refractivity contribution in [2.24, 2.45) is 0 Å². The number of anilines is 1. The summed E-state index contributed by atoms with van der Waals surface area (Å²) in [6.07, 6.45) is 4.17. The van der Waals surface area contributed by atoms with E-state index in [0.717, 1.165) is 30.3 Å². The number of hydrogen-bond donors (Lipinski definition) is 3. The second kappa shape index (κ2) is 6.35. The van der Waals surface area contributed by atoms with Crippen LogP contribution in [0.25, 0.3) is 0 Å². The first kappa shape index (κ1) is 16.3. The number of amides is 1. The van der Waals surface area contributed by atoms with E-state index in [1.54, 1.807) is 0 Å². The highest BCUT2D eigenvalue weighted by Crippen LogP contribution is 2.41. The Morgan fingerprint density at radius 3 is 2.73 bits per heavy atom. The van der Waals surface area contributed by atoms with Gasteiger partial charge in [0.15, 0.2) is 0 Å². The van der Waals surface area contributed by atoms with Gasteiger partial charge >= 0.3 is 0 Å². The summed E-state index contributed by atoms with van der Waals surface area (Å²) in [6, 6.07) is 6.65. The smallest absolute Gasteiger partial charge is 0.254 e. The first-order chi connectivity index (χ1) is 12.7. The zero-order valence-corrected chi connectivity index (χ0v) is 15.0. The van der Waals surface area contributed by atoms with Crippen LogP contribution in [-0.4, -0.2) is 49.6 Å². The van der Waals surface area contributed by atoms with Crippen LogP contribution in [0.3, 0.4) is 0 Å². The van der Waals surface area contributed by atoms with Crippen molar-refractivity contribution in [1.82, 2.24) is 21.0 Å². The number of hydrazine groups is 1. The van der Waals surface area contributed by atoms with E-state index in [4.69, 9.17) is 4.74 Å². The lowest BCUT2D eigenvalue weighted by Gasteiger charge is -2.40. The fourth-order valence-electron chi connectivity index (χ4n) is 3.97. The molecule has 3 N–H and O–H groups in total. The molecule has 1 saturated carbocycles. The van der Waals surface area contributed by atoms with E-state index >= 15 is 0 Å². The molecule has 1 aromatic rings. The quantitative estimate of drug-likeness (QED) is 0.743. The number of rotatable bonds is 3. The Labute approximate surface area is 153 Å². The van der Waals surface area contributed by atoms with Crippen LogP contribution in [0.2, 0.25) is 0 Å². The van der Waals surface area contributed by atoms with Gasteiger partial charge in [-0.2, -0.15) is 0 Å². The molecule has 7 heteroatoms. The molecule has 3 heterocycles. The fraction of sp³-hybridized carbons (Fsp3) is 0.526. The molecule has 1 aromatic carbocycles. The van der Waals surface area contributed by atoms with Gasteiger partial charge in [-0.05, 0) is 42.9 Å². The number of nitrogens with zero attached hydrogens (tertiary/aromatic N) is 2. The fourth-order valence-corrected chi connectivity index (χ4v) is 3.97. The van der Waals surface area contributed by atoms with Crippen LogP contribution in [0.4, 0.5) is 5.69 Å². The molecule has 1 amide bonds. The monoisotopic (exact) mass is 355 g/mol. The largest absolute Gasteiger partial charge is 0.379 e. The molecule has 0 spiro atoms. The highest BCUT2D eigenvalue weighted by atomic mass is 16.5. The first-order valence-electron chi connectivity index (χ1n) is 9.45. The van der Waals surface area contributed by atoms with Crippen molar-refractivity contribution < 1.29 is 9.53 Å². The summed E-state index contributed by atoms with van der Waals surface area (Å²) in [4.78, 5) is 14.8. The molecule has 1 aliphatic carbocycles. The molecule has 2 unspecified atom stereocenters. The number of carbonyl (C=O) groups is 1. The topological polar surface area (TPSA) is 68.9 Å². The molecule has 138 valence electrons. The van der Waals surface area contributed by atoms with E-state index in [-0.39, 0.29) is 18.4 Å². The third-order valence-electron chi connectivity index (χ3n) is 5.64. The number of benzene rings is 1. The maximum absolute atomic E-state index is 12.6. The second-order valence-corrected chi connectivity index (χ2v) is 7.53. The van der Waals surface area contributed by atoms with Crippen molar-refractivity contribution in [2.75, 3.05) is 31.3 Å². The summed E-state index contributed by atoms with van der Waals surface area (Å²) < 4.78 is 5.41. The summed E-state index contributed by atoms with van der Waals surface area (Å²) in [6.45, 7) is 5.17. The van der Waals surface area contributed by atoms with Crippen molar-refractivity contribution in [3.05, 3.63) is 41.1 Å². The second-order valence-electron chi connectivity index (χ2n) is 7.53. The van der Waals surface area contributed by atoms with Crippen molar-refractivity contribution in [3.8, 4) is 0 Å². The average Bonchev–Trinajstić information content (AvgIpc) is 3.42. The minimum absolute atomic E-state index is 0.0208. The molecule has 0 radical (unpaired) electrons. The summed E-state index contributed by atoms with van der Waals surface area (Å²) >= 11 is 0. The number of morpholine rings is 1. The lowest BCUT2D eigenvalue weighted by molar-refractivity contribution is -0.123. The third-order valence-corrected chi connectivity index (χ3v) is 5.64. The van der Waals surface area contributed by atoms with Crippen molar-refractivity contribution in [2.45, 2.75) is 38.1 Å². The number of ether oxygens (including phenoxy) is 1. The summed E-state index contributed by atoms with van der Waals surface area (Å²) in [7, 11) is 0. The summed E-state index contributed by atoms with van der Waals surface area (Å²) in [5.41, 5.74) is 7.89. The zero-order chi connectivity index (χ0) is 17.7. The highest BCUT2D eigenvalue weighted by molar-refractivity contribution is 5.96. The maximum atomic E-state index is 12.6. The molecule has 2 atom stereocenters. The van der Waals surface area contributed by atoms with Gasteiger partial charge in [0.2, 0.25) is 0 Å². The van der Waals surface area contributed by atoms with Gasteiger partial charge in [0.25, 0.3) is 5.91 Å². The molecule has 5 rings (SSSR count). The Bertz CT molecular complexity index is 754. The molecule has 3 aliphatic heterocycles. The Morgan fingerprint density at radius 1 is 1.19 bits per heavy atom. The SMILES string of the molecule is Cc1cc(C2CC2)ccc1N1C=C2C(=O)NC(N3CCOCC3)NC2N1. The first-order valence-corrected chi connectivity index (χ1v) is 9.45. The summed E-state index contributed by atoms with van der Waals surface area (Å²) in [5.74, 6) is 0.726. The zero-order valence-electron chi connectivity index (χ0n) is 15.0. The van der Waals surface area contributed by atoms with E-state index in [0.29, 0.717) is 13.2 Å². The Morgan fingerprint density at radius 2 is 2.00 bits per heavy atom. The number of fused-ring (bicyclic) bond motifs is 1. The highest BCUT2D eigenvalue weighted by Gasteiger charge is 2.38. The van der Waals surface area contributed by atoms with Crippen LogP contribution in [0.1, 0.15) is 29.9 Å². The van der Waals surface area contributed by atoms with Gasteiger partial charge in [-0.1, -0.05) is 12.1 Å². The Balaban J connectivity index is 1.33.